The first kappa shape index (κ1) is 26.5. The number of hydrogen-bond acceptors (Lipinski definition) is 11. The van der Waals surface area contributed by atoms with E-state index >= 15 is 0 Å². The number of nitrogens with one attached hydrogen (secondary N) is 2. The molecule has 12 nitrogen and oxygen atoms in total. The van der Waals surface area contributed by atoms with Gasteiger partial charge in [-0.1, -0.05) is 25.6 Å². The molecule has 3 N–H and O–H groups in total. The van der Waals surface area contributed by atoms with Gasteiger partial charge in [-0.05, 0) is 0 Å². The molecule has 0 aromatic carbocycles. The number of phosphoric ester groups is 1. The van der Waals surface area contributed by atoms with E-state index in [4.69, 9.17) is 0 Å². The zero-order valence-corrected chi connectivity index (χ0v) is 17.0. The van der Waals surface area contributed by atoms with Crippen molar-refractivity contribution in [2.75, 3.05) is 25.4 Å². The average Bonchev–Trinajstić information content (AvgIpc) is 2.55. The van der Waals surface area contributed by atoms with E-state index in [1.54, 1.807) is 0 Å². The van der Waals surface area contributed by atoms with Crippen LogP contribution >= 0.6 is 19.6 Å². The third-order valence-corrected chi connectivity index (χ3v) is 4.53. The fourth-order valence-electron chi connectivity index (χ4n) is 1.69. The minimum absolute atomic E-state index is 0.105. The summed E-state index contributed by atoms with van der Waals surface area (Å²) in [5.74, 6) is -2.65. The Hall–Kier alpha value is -1.50. The molecule has 0 bridgehead atoms. The molecule has 0 saturated carbocycles. The lowest BCUT2D eigenvalue weighted by Crippen LogP contribution is -2.46. The molecule has 162 valence electrons. The number of carbonyl (C=O) groups excluding carboxylic acids is 4. The standard InChI is InChI=1S/C14H25N2O10PS/c1-14(2,8-26-27(23,24)25)12(21)13(22)16-4-3-9(17)15-5-6-28-11(20)7-10(18)19/h12,21H,3-8H2,1-2H3,(H,15,17)(H,16,22)(H,18,19)(H2,23,24,25)/p-3/t12-/m0/s1. The van der Waals surface area contributed by atoms with Crippen LogP contribution in [0.4, 0.5) is 0 Å². The lowest BCUT2D eigenvalue weighted by Gasteiger charge is -2.35. The first-order chi connectivity index (χ1) is 12.7. The topological polar surface area (TPSA) is 208 Å². The Morgan fingerprint density at radius 1 is 1.18 bits per heavy atom. The molecular formula is C14H22N2O10PS-3. The number of carboxylic acid groups (broad SMARTS) is 1. The lowest BCUT2D eigenvalue weighted by atomic mass is 9.87. The second-order valence-electron chi connectivity index (χ2n) is 6.27. The van der Waals surface area contributed by atoms with Gasteiger partial charge < -0.3 is 44.5 Å². The number of thioether (sulfide) groups is 1. The van der Waals surface area contributed by atoms with Crippen molar-refractivity contribution in [3.8, 4) is 0 Å². The van der Waals surface area contributed by atoms with E-state index in [1.807, 2.05) is 0 Å². The van der Waals surface area contributed by atoms with E-state index in [9.17, 15) is 43.7 Å². The van der Waals surface area contributed by atoms with Crippen molar-refractivity contribution in [3.05, 3.63) is 0 Å². The van der Waals surface area contributed by atoms with Gasteiger partial charge in [-0.2, -0.15) is 0 Å². The van der Waals surface area contributed by atoms with Crippen molar-refractivity contribution in [2.45, 2.75) is 32.8 Å². The molecular weight excluding hydrogens is 419 g/mol. The summed E-state index contributed by atoms with van der Waals surface area (Å²) >= 11 is 0.735. The van der Waals surface area contributed by atoms with Crippen LogP contribution in [0.5, 0.6) is 0 Å². The Morgan fingerprint density at radius 2 is 1.79 bits per heavy atom. The predicted octanol–water partition coefficient (Wildman–Crippen LogP) is -3.76. The van der Waals surface area contributed by atoms with Crippen LogP contribution in [0.15, 0.2) is 0 Å². The molecule has 0 fully saturated rings. The van der Waals surface area contributed by atoms with Crippen LogP contribution in [-0.2, 0) is 28.3 Å². The number of amides is 2. The molecule has 0 aliphatic rings. The summed E-state index contributed by atoms with van der Waals surface area (Å²) in [5, 5.41) is 24.3. The minimum atomic E-state index is -5.24. The summed E-state index contributed by atoms with van der Waals surface area (Å²) in [7, 11) is -5.24. The van der Waals surface area contributed by atoms with Gasteiger partial charge in [-0.25, -0.2) is 0 Å². The second kappa shape index (κ2) is 12.1. The van der Waals surface area contributed by atoms with Crippen LogP contribution < -0.4 is 25.5 Å². The van der Waals surface area contributed by atoms with E-state index in [0.717, 1.165) is 11.8 Å². The van der Waals surface area contributed by atoms with E-state index in [-0.39, 0.29) is 25.3 Å². The molecule has 0 spiro atoms. The Balaban J connectivity index is 4.09. The second-order valence-corrected chi connectivity index (χ2v) is 8.58. The molecule has 0 unspecified atom stereocenters. The summed E-state index contributed by atoms with van der Waals surface area (Å²) in [6, 6.07) is 0. The van der Waals surface area contributed by atoms with Crippen LogP contribution in [-0.4, -0.2) is 59.6 Å². The Bertz CT molecular complexity index is 621. The highest BCUT2D eigenvalue weighted by Gasteiger charge is 2.34. The van der Waals surface area contributed by atoms with Crippen LogP contribution in [0.25, 0.3) is 0 Å². The molecule has 14 heteroatoms. The van der Waals surface area contributed by atoms with Crippen molar-refractivity contribution in [2.24, 2.45) is 5.41 Å². The molecule has 0 heterocycles. The van der Waals surface area contributed by atoms with Gasteiger partial charge >= 0.3 is 0 Å². The highest BCUT2D eigenvalue weighted by Crippen LogP contribution is 2.31. The average molecular weight is 441 g/mol. The number of aliphatic hydroxyl groups is 1. The first-order valence-electron chi connectivity index (χ1n) is 7.99. The molecule has 0 rings (SSSR count). The molecule has 0 radical (unpaired) electrons. The van der Waals surface area contributed by atoms with E-state index in [1.165, 1.54) is 13.8 Å². The quantitative estimate of drug-likeness (QED) is 0.144. The van der Waals surface area contributed by atoms with Crippen LogP contribution in [0.2, 0.25) is 0 Å². The maximum atomic E-state index is 11.9. The highest BCUT2D eigenvalue weighted by molar-refractivity contribution is 8.13. The van der Waals surface area contributed by atoms with Crippen molar-refractivity contribution in [1.29, 1.82) is 0 Å². The summed E-state index contributed by atoms with van der Waals surface area (Å²) < 4.78 is 14.6. The van der Waals surface area contributed by atoms with Crippen molar-refractivity contribution in [3.63, 3.8) is 0 Å². The number of hydrogen-bond donors (Lipinski definition) is 3. The van der Waals surface area contributed by atoms with Crippen molar-refractivity contribution >= 4 is 42.5 Å². The van der Waals surface area contributed by atoms with Gasteiger partial charge in [0.25, 0.3) is 0 Å². The van der Waals surface area contributed by atoms with Crippen molar-refractivity contribution in [1.82, 2.24) is 10.6 Å². The number of aliphatic hydroxyl groups excluding tert-OH is 1. The maximum absolute atomic E-state index is 11.9. The third kappa shape index (κ3) is 12.8. The number of aliphatic carboxylic acids is 1. The molecule has 2 amide bonds. The van der Waals surface area contributed by atoms with Crippen LogP contribution in [0, 0.1) is 5.41 Å². The molecule has 1 atom stereocenters. The Kier molecular flexibility index (Phi) is 11.5. The zero-order chi connectivity index (χ0) is 22.0. The molecule has 0 aliphatic heterocycles. The SMILES string of the molecule is CC(C)(COP(=O)([O-])[O-])[C@@H](O)C(=O)NCCC(=O)NCCSC(=O)CC(=O)[O-]. The maximum Gasteiger partial charge on any atom is 0.249 e. The summed E-state index contributed by atoms with van der Waals surface area (Å²) in [6.07, 6.45) is -2.54. The monoisotopic (exact) mass is 441 g/mol. The number of carboxylic acids is 1. The highest BCUT2D eigenvalue weighted by atomic mass is 32.2. The number of phosphoric acid groups is 1. The molecule has 28 heavy (non-hydrogen) atoms. The minimum Gasteiger partial charge on any atom is -0.790 e. The largest absolute Gasteiger partial charge is 0.790 e. The van der Waals surface area contributed by atoms with E-state index in [2.05, 4.69) is 15.2 Å². The fourth-order valence-corrected chi connectivity index (χ4v) is 2.83. The van der Waals surface area contributed by atoms with Gasteiger partial charge in [0.1, 0.15) is 6.10 Å². The Morgan fingerprint density at radius 3 is 2.32 bits per heavy atom. The fraction of sp³-hybridized carbons (Fsp3) is 0.714. The van der Waals surface area contributed by atoms with Gasteiger partial charge in [0.2, 0.25) is 11.8 Å². The van der Waals surface area contributed by atoms with Gasteiger partial charge in [0.15, 0.2) is 5.12 Å². The zero-order valence-electron chi connectivity index (χ0n) is 15.3. The van der Waals surface area contributed by atoms with Gasteiger partial charge in [-0.3, -0.25) is 14.4 Å². The molecule has 0 aromatic heterocycles. The molecule has 0 aromatic rings. The Labute approximate surface area is 165 Å². The smallest absolute Gasteiger partial charge is 0.249 e. The van der Waals surface area contributed by atoms with Crippen LogP contribution in [0.1, 0.15) is 26.7 Å². The first-order valence-corrected chi connectivity index (χ1v) is 10.4. The summed E-state index contributed by atoms with van der Waals surface area (Å²) in [6.45, 7) is 1.92. The van der Waals surface area contributed by atoms with Crippen LogP contribution in [0.3, 0.4) is 0 Å². The third-order valence-electron chi connectivity index (χ3n) is 3.21. The normalized spacial score (nSPS) is 12.9. The van der Waals surface area contributed by atoms with Gasteiger partial charge in [0, 0.05) is 36.6 Å². The van der Waals surface area contributed by atoms with Gasteiger partial charge in [-0.15, -0.1) is 0 Å². The van der Waals surface area contributed by atoms with Gasteiger partial charge in [0.05, 0.1) is 20.9 Å². The molecule has 0 aliphatic carbocycles. The van der Waals surface area contributed by atoms with Crippen molar-refractivity contribution < 1.29 is 48.3 Å². The summed E-state index contributed by atoms with van der Waals surface area (Å²) in [5.41, 5.74) is -1.37. The number of rotatable bonds is 13. The summed E-state index contributed by atoms with van der Waals surface area (Å²) in [4.78, 5) is 65.7. The predicted molar refractivity (Wildman–Crippen MR) is 91.1 cm³/mol. The van der Waals surface area contributed by atoms with E-state index < -0.39 is 55.3 Å². The lowest BCUT2D eigenvalue weighted by molar-refractivity contribution is -0.343. The van der Waals surface area contributed by atoms with E-state index in [0.29, 0.717) is 0 Å². The molecule has 0 saturated heterocycles. The number of carbonyl (C=O) groups is 4.